The molecule has 3 atom stereocenters. The molecule has 0 aromatic heterocycles. The van der Waals surface area contributed by atoms with Crippen molar-refractivity contribution in [1.29, 1.82) is 0 Å². The van der Waals surface area contributed by atoms with Crippen LogP contribution < -0.4 is 0 Å². The van der Waals surface area contributed by atoms with E-state index in [0.717, 1.165) is 5.56 Å². The molecular formula is C14H17FO2. The molecule has 3 rings (SSSR count). The van der Waals surface area contributed by atoms with E-state index in [1.54, 1.807) is 0 Å². The maximum atomic E-state index is 13.7. The van der Waals surface area contributed by atoms with E-state index in [4.69, 9.17) is 4.74 Å². The second-order valence-electron chi connectivity index (χ2n) is 5.33. The van der Waals surface area contributed by atoms with Crippen LogP contribution in [0.2, 0.25) is 0 Å². The number of hydrogen-bond acceptors (Lipinski definition) is 2. The molecular weight excluding hydrogens is 219 g/mol. The Labute approximate surface area is 100 Å². The van der Waals surface area contributed by atoms with Gasteiger partial charge in [-0.1, -0.05) is 24.3 Å². The molecule has 0 saturated heterocycles. The fraction of sp³-hybridized carbons (Fsp3) is 0.571. The summed E-state index contributed by atoms with van der Waals surface area (Å²) in [6, 6.07) is 8.06. The molecule has 1 aliphatic heterocycles. The van der Waals surface area contributed by atoms with Gasteiger partial charge in [-0.3, -0.25) is 0 Å². The summed E-state index contributed by atoms with van der Waals surface area (Å²) in [7, 11) is 0. The number of rotatable bonds is 0. The molecule has 1 saturated carbocycles. The Morgan fingerprint density at radius 2 is 2.12 bits per heavy atom. The van der Waals surface area contributed by atoms with Gasteiger partial charge in [-0.2, -0.15) is 0 Å². The summed E-state index contributed by atoms with van der Waals surface area (Å²) < 4.78 is 19.4. The molecule has 2 nitrogen and oxygen atoms in total. The van der Waals surface area contributed by atoms with E-state index in [1.807, 2.05) is 18.2 Å². The van der Waals surface area contributed by atoms with Crippen LogP contribution in [0.15, 0.2) is 24.3 Å². The highest BCUT2D eigenvalue weighted by molar-refractivity contribution is 5.36. The van der Waals surface area contributed by atoms with Crippen molar-refractivity contribution in [2.45, 2.75) is 43.6 Å². The summed E-state index contributed by atoms with van der Waals surface area (Å²) >= 11 is 0. The van der Waals surface area contributed by atoms with E-state index in [-0.39, 0.29) is 11.8 Å². The van der Waals surface area contributed by atoms with Crippen molar-refractivity contribution in [1.82, 2.24) is 0 Å². The average Bonchev–Trinajstić information content (AvgIpc) is 2.28. The first-order valence-corrected chi connectivity index (χ1v) is 6.18. The van der Waals surface area contributed by atoms with E-state index < -0.39 is 12.3 Å². The van der Waals surface area contributed by atoms with E-state index in [2.05, 4.69) is 6.07 Å². The quantitative estimate of drug-likeness (QED) is 0.749. The molecule has 0 bridgehead atoms. The highest BCUT2D eigenvalue weighted by Gasteiger charge is 2.44. The molecule has 1 aromatic rings. The summed E-state index contributed by atoms with van der Waals surface area (Å²) in [5.41, 5.74) is 2.00. The lowest BCUT2D eigenvalue weighted by Gasteiger charge is -2.44. The number of halogens is 1. The second kappa shape index (κ2) is 4.07. The van der Waals surface area contributed by atoms with Gasteiger partial charge in [0, 0.05) is 11.8 Å². The van der Waals surface area contributed by atoms with Crippen molar-refractivity contribution in [3.63, 3.8) is 0 Å². The van der Waals surface area contributed by atoms with Crippen LogP contribution in [0.4, 0.5) is 4.39 Å². The number of aliphatic hydroxyl groups excluding tert-OH is 1. The standard InChI is InChI=1S/C14H17FO2/c15-11-5-12(16)7-14(6-11)9-17-8-10-3-1-2-4-13(10)14/h1-4,11-12,16H,5-9H2. The maximum Gasteiger partial charge on any atom is 0.104 e. The van der Waals surface area contributed by atoms with Crippen LogP contribution >= 0.6 is 0 Å². The molecule has 17 heavy (non-hydrogen) atoms. The van der Waals surface area contributed by atoms with Gasteiger partial charge in [-0.25, -0.2) is 4.39 Å². The van der Waals surface area contributed by atoms with E-state index >= 15 is 0 Å². The lowest BCUT2D eigenvalue weighted by Crippen LogP contribution is -2.45. The first kappa shape index (κ1) is 11.2. The van der Waals surface area contributed by atoms with Crippen LogP contribution in [0, 0.1) is 0 Å². The first-order chi connectivity index (χ1) is 8.20. The Morgan fingerprint density at radius 3 is 2.94 bits per heavy atom. The number of aliphatic hydroxyl groups is 1. The van der Waals surface area contributed by atoms with Gasteiger partial charge in [0.05, 0.1) is 19.3 Å². The van der Waals surface area contributed by atoms with E-state index in [9.17, 15) is 9.50 Å². The predicted octanol–water partition coefficient (Wildman–Crippen LogP) is 2.34. The number of ether oxygens (including phenoxy) is 1. The number of hydrogen-bond donors (Lipinski definition) is 1. The lowest BCUT2D eigenvalue weighted by atomic mass is 9.66. The van der Waals surface area contributed by atoms with Crippen LogP contribution in [-0.4, -0.2) is 24.0 Å². The molecule has 1 aliphatic carbocycles. The number of benzene rings is 1. The summed E-state index contributed by atoms with van der Waals surface area (Å²) in [4.78, 5) is 0. The molecule has 0 amide bonds. The Balaban J connectivity index is 2.03. The minimum Gasteiger partial charge on any atom is -0.393 e. The number of fused-ring (bicyclic) bond motifs is 2. The molecule has 1 N–H and O–H groups in total. The van der Waals surface area contributed by atoms with Crippen molar-refractivity contribution < 1.29 is 14.2 Å². The van der Waals surface area contributed by atoms with Gasteiger partial charge in [-0.15, -0.1) is 0 Å². The zero-order valence-corrected chi connectivity index (χ0v) is 9.73. The van der Waals surface area contributed by atoms with Gasteiger partial charge in [-0.05, 0) is 24.0 Å². The fourth-order valence-corrected chi connectivity index (χ4v) is 3.36. The molecule has 2 aliphatic rings. The monoisotopic (exact) mass is 236 g/mol. The Kier molecular flexibility index (Phi) is 2.68. The summed E-state index contributed by atoms with van der Waals surface area (Å²) in [6.07, 6.45) is -0.114. The topological polar surface area (TPSA) is 29.5 Å². The fourth-order valence-electron chi connectivity index (χ4n) is 3.36. The van der Waals surface area contributed by atoms with Gasteiger partial charge in [0.25, 0.3) is 0 Å². The molecule has 1 aromatic carbocycles. The maximum absolute atomic E-state index is 13.7. The molecule has 3 heteroatoms. The zero-order chi connectivity index (χ0) is 11.9. The van der Waals surface area contributed by atoms with E-state index in [0.29, 0.717) is 26.1 Å². The van der Waals surface area contributed by atoms with Crippen LogP contribution in [0.25, 0.3) is 0 Å². The lowest BCUT2D eigenvalue weighted by molar-refractivity contribution is -0.0245. The van der Waals surface area contributed by atoms with Crippen LogP contribution in [0.5, 0.6) is 0 Å². The predicted molar refractivity (Wildman–Crippen MR) is 62.5 cm³/mol. The Morgan fingerprint density at radius 1 is 1.29 bits per heavy atom. The smallest absolute Gasteiger partial charge is 0.104 e. The molecule has 1 fully saturated rings. The number of alkyl halides is 1. The molecule has 3 unspecified atom stereocenters. The minimum atomic E-state index is -0.923. The Bertz CT molecular complexity index is 408. The van der Waals surface area contributed by atoms with Crippen molar-refractivity contribution >= 4 is 0 Å². The molecule has 0 radical (unpaired) electrons. The highest BCUT2D eigenvalue weighted by Crippen LogP contribution is 2.44. The van der Waals surface area contributed by atoms with Gasteiger partial charge < -0.3 is 9.84 Å². The summed E-state index contributed by atoms with van der Waals surface area (Å²) in [6.45, 7) is 1.13. The SMILES string of the molecule is OC1CC(F)CC2(COCc3ccccc32)C1. The van der Waals surface area contributed by atoms with Crippen molar-refractivity contribution in [3.8, 4) is 0 Å². The van der Waals surface area contributed by atoms with Crippen molar-refractivity contribution in [2.24, 2.45) is 0 Å². The van der Waals surface area contributed by atoms with Gasteiger partial charge in [0.15, 0.2) is 0 Å². The largest absolute Gasteiger partial charge is 0.393 e. The summed E-state index contributed by atoms with van der Waals surface area (Å²) in [5.74, 6) is 0. The molecule has 1 heterocycles. The third-order valence-corrected chi connectivity index (χ3v) is 3.99. The average molecular weight is 236 g/mol. The van der Waals surface area contributed by atoms with Crippen LogP contribution in [0.1, 0.15) is 30.4 Å². The third kappa shape index (κ3) is 1.87. The van der Waals surface area contributed by atoms with Gasteiger partial charge >= 0.3 is 0 Å². The Hall–Kier alpha value is -0.930. The van der Waals surface area contributed by atoms with Gasteiger partial charge in [0.2, 0.25) is 0 Å². The summed E-state index contributed by atoms with van der Waals surface area (Å²) in [5, 5.41) is 9.83. The molecule has 1 spiro atoms. The second-order valence-corrected chi connectivity index (χ2v) is 5.33. The van der Waals surface area contributed by atoms with Crippen LogP contribution in [0.3, 0.4) is 0 Å². The normalized spacial score (nSPS) is 36.8. The zero-order valence-electron chi connectivity index (χ0n) is 9.73. The van der Waals surface area contributed by atoms with Crippen molar-refractivity contribution in [3.05, 3.63) is 35.4 Å². The third-order valence-electron chi connectivity index (χ3n) is 3.99. The molecule has 92 valence electrons. The van der Waals surface area contributed by atoms with Gasteiger partial charge in [0.1, 0.15) is 6.17 Å². The van der Waals surface area contributed by atoms with E-state index in [1.165, 1.54) is 5.56 Å². The van der Waals surface area contributed by atoms with Crippen LogP contribution in [-0.2, 0) is 16.8 Å². The first-order valence-electron chi connectivity index (χ1n) is 6.18. The minimum absolute atomic E-state index is 0.268. The van der Waals surface area contributed by atoms with Crippen molar-refractivity contribution in [2.75, 3.05) is 6.61 Å². The highest BCUT2D eigenvalue weighted by atomic mass is 19.1.